The Morgan fingerprint density at radius 1 is 0.811 bits per heavy atom. The molecule has 14 heteroatoms. The van der Waals surface area contributed by atoms with Crippen molar-refractivity contribution in [1.82, 2.24) is 15.0 Å². The molecule has 0 atom stereocenters. The number of benzene rings is 3. The summed E-state index contributed by atoms with van der Waals surface area (Å²) in [5, 5.41) is 5.65. The number of ketones is 2. The van der Waals surface area contributed by atoms with E-state index in [9.17, 15) is 32.1 Å². The third kappa shape index (κ3) is 4.26. The first-order chi connectivity index (χ1) is 17.5. The largest absolute Gasteiger partial charge is 0.397 e. The molecule has 0 unspecified atom stereocenters. The zero-order chi connectivity index (χ0) is 26.5. The smallest absolute Gasteiger partial charge is 0.352 e. The number of nitrogens with one attached hydrogen (secondary N) is 4. The van der Waals surface area contributed by atoms with Crippen LogP contribution in [0.3, 0.4) is 0 Å². The van der Waals surface area contributed by atoms with Gasteiger partial charge >= 0.3 is 11.4 Å². The van der Waals surface area contributed by atoms with Crippen LogP contribution in [0.5, 0.6) is 0 Å². The minimum atomic E-state index is -4.85. The monoisotopic (exact) mass is 520 g/mol. The van der Waals surface area contributed by atoms with Crippen LogP contribution in [0.2, 0.25) is 0 Å². The maximum Gasteiger partial charge on any atom is 0.352 e. The van der Waals surface area contributed by atoms with Gasteiger partial charge in [0.1, 0.15) is 4.90 Å². The van der Waals surface area contributed by atoms with Gasteiger partial charge in [-0.3, -0.25) is 24.1 Å². The topological polar surface area (TPSA) is 217 Å². The van der Waals surface area contributed by atoms with E-state index in [0.29, 0.717) is 11.4 Å². The number of aromatic nitrogens is 3. The van der Waals surface area contributed by atoms with E-state index in [1.165, 1.54) is 24.3 Å². The Morgan fingerprint density at radius 2 is 1.38 bits per heavy atom. The molecule has 0 aliphatic heterocycles. The number of nitrogens with two attached hydrogens (primary N) is 1. The molecule has 0 saturated heterocycles. The Morgan fingerprint density at radius 3 is 1.95 bits per heavy atom. The van der Waals surface area contributed by atoms with Gasteiger partial charge < -0.3 is 16.4 Å². The highest BCUT2D eigenvalue weighted by atomic mass is 32.2. The highest BCUT2D eigenvalue weighted by Gasteiger charge is 2.36. The van der Waals surface area contributed by atoms with Crippen molar-refractivity contribution < 1.29 is 22.6 Å². The molecule has 4 aromatic rings. The van der Waals surface area contributed by atoms with Crippen molar-refractivity contribution in [3.63, 3.8) is 0 Å². The molecule has 0 spiro atoms. The number of aromatic amines is 2. The number of anilines is 5. The van der Waals surface area contributed by atoms with Crippen LogP contribution in [0, 0.1) is 0 Å². The van der Waals surface area contributed by atoms with E-state index in [0.717, 1.165) is 6.07 Å². The molecule has 3 aromatic carbocycles. The molecule has 0 amide bonds. The highest BCUT2D eigenvalue weighted by Crippen LogP contribution is 2.40. The number of fused-ring (bicyclic) bond motifs is 2. The molecule has 1 aliphatic rings. The summed E-state index contributed by atoms with van der Waals surface area (Å²) in [6.45, 7) is 0. The lowest BCUT2D eigenvalue weighted by atomic mass is 9.82. The van der Waals surface area contributed by atoms with Crippen molar-refractivity contribution in [2.24, 2.45) is 0 Å². The zero-order valence-corrected chi connectivity index (χ0v) is 19.3. The first-order valence-corrected chi connectivity index (χ1v) is 11.9. The molecule has 37 heavy (non-hydrogen) atoms. The molecular formula is C23H16N6O7S. The summed E-state index contributed by atoms with van der Waals surface area (Å²) >= 11 is 0. The Hall–Kier alpha value is -5.08. The molecule has 0 bridgehead atoms. The molecule has 7 N–H and O–H groups in total. The lowest BCUT2D eigenvalue weighted by Crippen LogP contribution is -2.25. The SMILES string of the molecule is Nc1c(S(=O)(=O)O)cc(Nc2ccc(Nc3nc(=O)[nH]c(=O)[nH]3)cc2)c2c1C(=O)c1ccccc1C2=O. The first-order valence-electron chi connectivity index (χ1n) is 10.5. The number of nitrogen functional groups attached to an aromatic ring is 1. The quantitative estimate of drug-likeness (QED) is 0.144. The Bertz CT molecular complexity index is 1810. The van der Waals surface area contributed by atoms with E-state index in [4.69, 9.17) is 5.73 Å². The summed E-state index contributed by atoms with van der Waals surface area (Å²) in [5.41, 5.74) is 4.31. The van der Waals surface area contributed by atoms with Gasteiger partial charge in [-0.1, -0.05) is 24.3 Å². The fraction of sp³-hybridized carbons (Fsp3) is 0. The fourth-order valence-electron chi connectivity index (χ4n) is 3.99. The first kappa shape index (κ1) is 23.7. The van der Waals surface area contributed by atoms with Gasteiger partial charge in [-0.25, -0.2) is 9.59 Å². The lowest BCUT2D eigenvalue weighted by molar-refractivity contribution is 0.0980. The number of hydrogen-bond acceptors (Lipinski definition) is 10. The van der Waals surface area contributed by atoms with Gasteiger partial charge in [-0.15, -0.1) is 0 Å². The maximum atomic E-state index is 13.4. The van der Waals surface area contributed by atoms with E-state index in [1.54, 1.807) is 24.3 Å². The third-order valence-corrected chi connectivity index (χ3v) is 6.46. The predicted molar refractivity (Wildman–Crippen MR) is 132 cm³/mol. The predicted octanol–water partition coefficient (Wildman–Crippen LogP) is 1.55. The minimum absolute atomic E-state index is 0.0620. The van der Waals surface area contributed by atoms with E-state index >= 15 is 0 Å². The number of hydrogen-bond donors (Lipinski definition) is 6. The van der Waals surface area contributed by atoms with E-state index in [2.05, 4.69) is 20.6 Å². The number of nitrogens with zero attached hydrogens (tertiary/aromatic N) is 1. The summed E-state index contributed by atoms with van der Waals surface area (Å²) in [5.74, 6) is -1.30. The molecule has 0 radical (unpaired) electrons. The molecule has 1 aromatic heterocycles. The van der Waals surface area contributed by atoms with Gasteiger partial charge in [-0.2, -0.15) is 13.4 Å². The van der Waals surface area contributed by atoms with Gasteiger partial charge in [0.05, 0.1) is 22.5 Å². The van der Waals surface area contributed by atoms with Gasteiger partial charge in [0, 0.05) is 22.5 Å². The summed E-state index contributed by atoms with van der Waals surface area (Å²) in [7, 11) is -4.85. The van der Waals surface area contributed by atoms with Crippen LogP contribution in [0.4, 0.5) is 28.7 Å². The van der Waals surface area contributed by atoms with Crippen LogP contribution in [0.25, 0.3) is 0 Å². The second kappa shape index (κ2) is 8.54. The van der Waals surface area contributed by atoms with Crippen molar-refractivity contribution in [2.75, 3.05) is 16.4 Å². The summed E-state index contributed by atoms with van der Waals surface area (Å²) < 4.78 is 33.8. The van der Waals surface area contributed by atoms with Crippen LogP contribution in [0.15, 0.2) is 69.1 Å². The average Bonchev–Trinajstić information content (AvgIpc) is 2.83. The molecule has 0 fully saturated rings. The number of H-pyrrole nitrogens is 2. The molecule has 1 heterocycles. The molecule has 5 rings (SSSR count). The minimum Gasteiger partial charge on any atom is -0.397 e. The number of rotatable bonds is 5. The van der Waals surface area contributed by atoms with Gasteiger partial charge in [0.15, 0.2) is 11.6 Å². The van der Waals surface area contributed by atoms with Crippen LogP contribution in [-0.2, 0) is 10.1 Å². The molecular weight excluding hydrogens is 504 g/mol. The van der Waals surface area contributed by atoms with Crippen molar-refractivity contribution in [1.29, 1.82) is 0 Å². The van der Waals surface area contributed by atoms with Crippen LogP contribution in [-0.4, -0.2) is 39.5 Å². The summed E-state index contributed by atoms with van der Waals surface area (Å²) in [4.78, 5) is 56.5. The standard InChI is InChI=1S/C23H16N6O7S/c24-18-15(37(34,35)36)9-14(16-17(18)20(31)13-4-2-1-3-12(13)19(16)30)25-10-5-7-11(8-6-10)26-21-27-22(32)29-23(33)28-21/h1-9,25H,24H2,(H,34,35,36)(H3,26,27,28,29,32,33). The van der Waals surface area contributed by atoms with Crippen molar-refractivity contribution in [3.8, 4) is 0 Å². The van der Waals surface area contributed by atoms with Crippen molar-refractivity contribution in [2.45, 2.75) is 4.90 Å². The Balaban J connectivity index is 1.57. The Labute approximate surface area is 207 Å². The maximum absolute atomic E-state index is 13.4. The fourth-order valence-corrected chi connectivity index (χ4v) is 4.63. The normalized spacial score (nSPS) is 12.6. The third-order valence-electron chi connectivity index (χ3n) is 5.57. The van der Waals surface area contributed by atoms with Gasteiger partial charge in [-0.05, 0) is 30.3 Å². The highest BCUT2D eigenvalue weighted by molar-refractivity contribution is 7.86. The van der Waals surface area contributed by atoms with Crippen LogP contribution >= 0.6 is 0 Å². The number of carbonyl (C=O) groups excluding carboxylic acids is 2. The van der Waals surface area contributed by atoms with Crippen LogP contribution < -0.4 is 27.7 Å². The Kier molecular flexibility index (Phi) is 5.46. The van der Waals surface area contributed by atoms with Crippen LogP contribution in [0.1, 0.15) is 31.8 Å². The second-order valence-corrected chi connectivity index (χ2v) is 9.33. The van der Waals surface area contributed by atoms with E-state index in [-0.39, 0.29) is 33.9 Å². The van der Waals surface area contributed by atoms with Gasteiger partial charge in [0.25, 0.3) is 10.1 Å². The van der Waals surface area contributed by atoms with Gasteiger partial charge in [0.2, 0.25) is 5.95 Å². The molecule has 1 aliphatic carbocycles. The summed E-state index contributed by atoms with van der Waals surface area (Å²) in [6.07, 6.45) is 0. The van der Waals surface area contributed by atoms with E-state index < -0.39 is 43.6 Å². The van der Waals surface area contributed by atoms with Crippen molar-refractivity contribution >= 4 is 50.4 Å². The lowest BCUT2D eigenvalue weighted by Gasteiger charge is -2.23. The molecule has 0 saturated carbocycles. The molecule has 186 valence electrons. The van der Waals surface area contributed by atoms with E-state index in [1.807, 2.05) is 4.98 Å². The second-order valence-electron chi connectivity index (χ2n) is 7.94. The summed E-state index contributed by atoms with van der Waals surface area (Å²) in [6, 6.07) is 13.2. The van der Waals surface area contributed by atoms with Crippen molar-refractivity contribution in [3.05, 3.63) is 97.8 Å². The average molecular weight is 520 g/mol. The molecule has 13 nitrogen and oxygen atoms in total. The zero-order valence-electron chi connectivity index (χ0n) is 18.5. The number of carbonyl (C=O) groups is 2.